The summed E-state index contributed by atoms with van der Waals surface area (Å²) < 4.78 is 11.1. The minimum atomic E-state index is -0.106. The Morgan fingerprint density at radius 2 is 1.15 bits per heavy atom. The second-order valence-electron chi connectivity index (χ2n) is 13.3. The van der Waals surface area contributed by atoms with Crippen molar-refractivity contribution in [3.63, 3.8) is 0 Å². The van der Waals surface area contributed by atoms with Gasteiger partial charge in [0, 0.05) is 38.2 Å². The van der Waals surface area contributed by atoms with Gasteiger partial charge in [-0.15, -0.1) is 0 Å². The Balaban J connectivity index is 4.21. The average molecular weight is 683 g/mol. The first kappa shape index (κ1) is 45.5. The van der Waals surface area contributed by atoms with E-state index in [1.807, 2.05) is 25.1 Å². The fraction of sp³-hybridized carbons (Fsp3) is 0.872. The largest absolute Gasteiger partial charge is 0.462 e. The van der Waals surface area contributed by atoms with Crippen molar-refractivity contribution in [3.05, 3.63) is 12.2 Å². The molecule has 7 nitrogen and oxygen atoms in total. The summed E-state index contributed by atoms with van der Waals surface area (Å²) >= 11 is 1.43. The van der Waals surface area contributed by atoms with Crippen molar-refractivity contribution in [2.75, 3.05) is 46.1 Å². The summed E-state index contributed by atoms with van der Waals surface area (Å²) in [5, 5.41) is 0.188. The first-order valence-electron chi connectivity index (χ1n) is 19.4. The number of esters is 2. The normalized spacial score (nSPS) is 11.6. The lowest BCUT2D eigenvalue weighted by Gasteiger charge is -2.22. The van der Waals surface area contributed by atoms with Crippen LogP contribution in [0, 0.1) is 0 Å². The molecule has 0 saturated carbocycles. The number of hydrogen-bond acceptors (Lipinski definition) is 7. The van der Waals surface area contributed by atoms with Crippen molar-refractivity contribution in [1.29, 1.82) is 0 Å². The van der Waals surface area contributed by atoms with E-state index in [4.69, 9.17) is 9.47 Å². The Morgan fingerprint density at radius 3 is 1.72 bits per heavy atom. The number of allylic oxidation sites excluding steroid dienone is 1. The Kier molecular flexibility index (Phi) is 33.2. The highest BCUT2D eigenvalue weighted by molar-refractivity contribution is 8.13. The van der Waals surface area contributed by atoms with Gasteiger partial charge in [0.25, 0.3) is 5.24 Å². The molecule has 0 aromatic rings. The smallest absolute Gasteiger partial charge is 0.306 e. The van der Waals surface area contributed by atoms with Crippen molar-refractivity contribution >= 4 is 28.9 Å². The van der Waals surface area contributed by atoms with E-state index in [0.29, 0.717) is 19.4 Å². The van der Waals surface area contributed by atoms with Gasteiger partial charge in [0.2, 0.25) is 0 Å². The maximum Gasteiger partial charge on any atom is 0.306 e. The van der Waals surface area contributed by atoms with Gasteiger partial charge in [-0.2, -0.15) is 0 Å². The number of unbranched alkanes of at least 4 members (excludes halogenated alkanes) is 14. The van der Waals surface area contributed by atoms with Gasteiger partial charge >= 0.3 is 11.9 Å². The number of rotatable bonds is 33. The highest BCUT2D eigenvalue weighted by Crippen LogP contribution is 2.17. The van der Waals surface area contributed by atoms with Gasteiger partial charge in [-0.25, -0.2) is 0 Å². The summed E-state index contributed by atoms with van der Waals surface area (Å²) in [6, 6.07) is 0. The van der Waals surface area contributed by atoms with Gasteiger partial charge in [0.15, 0.2) is 0 Å². The molecule has 1 amide bonds. The van der Waals surface area contributed by atoms with Crippen molar-refractivity contribution in [2.45, 2.75) is 175 Å². The molecule has 0 rings (SSSR count). The molecule has 0 aromatic carbocycles. The lowest BCUT2D eigenvalue weighted by molar-refractivity contribution is -0.150. The van der Waals surface area contributed by atoms with E-state index in [1.165, 1.54) is 37.4 Å². The highest BCUT2D eigenvalue weighted by atomic mass is 32.2. The topological polar surface area (TPSA) is 76.1 Å². The molecule has 0 spiro atoms. The molecular weight excluding hydrogens is 609 g/mol. The molecule has 0 aromatic heterocycles. The Bertz CT molecular complexity index is 768. The molecule has 0 atom stereocenters. The molecule has 47 heavy (non-hydrogen) atoms. The van der Waals surface area contributed by atoms with E-state index in [1.54, 1.807) is 0 Å². The number of thioether (sulfide) groups is 1. The van der Waals surface area contributed by atoms with Gasteiger partial charge in [-0.05, 0) is 65.5 Å². The second kappa shape index (κ2) is 34.3. The van der Waals surface area contributed by atoms with E-state index in [0.717, 1.165) is 135 Å². The van der Waals surface area contributed by atoms with Crippen LogP contribution in [0.15, 0.2) is 12.2 Å². The van der Waals surface area contributed by atoms with Crippen LogP contribution < -0.4 is 0 Å². The third kappa shape index (κ3) is 31.5. The summed E-state index contributed by atoms with van der Waals surface area (Å²) in [5.74, 6) is 0.663. The summed E-state index contributed by atoms with van der Waals surface area (Å²) in [6.45, 7) is 9.44. The molecule has 0 bridgehead atoms. The molecular formula is C39H74N2O5S. The average Bonchev–Trinajstić information content (AvgIpc) is 3.04. The van der Waals surface area contributed by atoms with Gasteiger partial charge in [0.05, 0.1) is 0 Å². The third-order valence-corrected chi connectivity index (χ3v) is 9.32. The Morgan fingerprint density at radius 1 is 0.617 bits per heavy atom. The Hall–Kier alpha value is -1.54. The molecule has 8 heteroatoms. The number of ether oxygens (including phenoxy) is 2. The number of hydrogen-bond donors (Lipinski definition) is 0. The molecule has 0 radical (unpaired) electrons. The lowest BCUT2D eigenvalue weighted by atomic mass is 10.1. The molecule has 0 N–H and O–H groups in total. The van der Waals surface area contributed by atoms with E-state index < -0.39 is 0 Å². The summed E-state index contributed by atoms with van der Waals surface area (Å²) in [6.07, 6.45) is 27.8. The summed E-state index contributed by atoms with van der Waals surface area (Å²) in [5.41, 5.74) is 0. The number of carbonyl (C=O) groups is 3. The summed E-state index contributed by atoms with van der Waals surface area (Å²) in [4.78, 5) is 41.5. The van der Waals surface area contributed by atoms with E-state index in [9.17, 15) is 14.4 Å². The van der Waals surface area contributed by atoms with Crippen LogP contribution in [-0.2, 0) is 19.1 Å². The number of amides is 1. The van der Waals surface area contributed by atoms with Gasteiger partial charge in [0.1, 0.15) is 12.7 Å². The van der Waals surface area contributed by atoms with Crippen LogP contribution in [0.5, 0.6) is 0 Å². The van der Waals surface area contributed by atoms with Crippen molar-refractivity contribution in [3.8, 4) is 0 Å². The standard InChI is InChI=1S/C39H74N2O5S/c1-6-9-12-13-14-21-26-34-45-37(42)29-22-17-15-19-24-31-41(39(44)47-35-33-40(4)5)32-25-20-16-18-23-30-38(43)46-36(27-10-7-2)28-11-8-3/h21,26,36H,6-20,22-25,27-35H2,1-5H3/b26-21-. The molecule has 0 unspecified atom stereocenters. The molecule has 0 fully saturated rings. The van der Waals surface area contributed by atoms with Gasteiger partial charge in [-0.1, -0.05) is 128 Å². The van der Waals surface area contributed by atoms with E-state index >= 15 is 0 Å². The first-order valence-corrected chi connectivity index (χ1v) is 20.4. The molecule has 0 heterocycles. The van der Waals surface area contributed by atoms with Crippen LogP contribution in [0.2, 0.25) is 0 Å². The summed E-state index contributed by atoms with van der Waals surface area (Å²) in [7, 11) is 4.07. The number of nitrogens with zero attached hydrogens (tertiary/aromatic N) is 2. The van der Waals surface area contributed by atoms with Gasteiger partial charge in [-0.3, -0.25) is 14.4 Å². The van der Waals surface area contributed by atoms with E-state index in [2.05, 4.69) is 31.7 Å². The number of carbonyl (C=O) groups excluding carboxylic acids is 3. The van der Waals surface area contributed by atoms with Crippen LogP contribution in [0.4, 0.5) is 4.79 Å². The van der Waals surface area contributed by atoms with Crippen LogP contribution in [0.25, 0.3) is 0 Å². The fourth-order valence-corrected chi connectivity index (χ4v) is 6.36. The quantitative estimate of drug-likeness (QED) is 0.0387. The fourth-order valence-electron chi connectivity index (χ4n) is 5.36. The van der Waals surface area contributed by atoms with Crippen LogP contribution in [0.1, 0.15) is 168 Å². The van der Waals surface area contributed by atoms with Crippen molar-refractivity contribution < 1.29 is 23.9 Å². The predicted molar refractivity (Wildman–Crippen MR) is 201 cm³/mol. The maximum absolute atomic E-state index is 13.0. The van der Waals surface area contributed by atoms with Crippen LogP contribution in [-0.4, -0.2) is 79.2 Å². The molecule has 0 saturated heterocycles. The zero-order chi connectivity index (χ0) is 34.8. The minimum absolute atomic E-state index is 0.0371. The third-order valence-electron chi connectivity index (χ3n) is 8.43. The highest BCUT2D eigenvalue weighted by Gasteiger charge is 2.15. The van der Waals surface area contributed by atoms with Crippen LogP contribution in [0.3, 0.4) is 0 Å². The molecule has 0 aliphatic rings. The SMILES string of the molecule is CCCCCC/C=C\COC(=O)CCCCCCCN(CCCCCCCC(=O)OC(CCCC)CCCC)C(=O)SCCN(C)C. The zero-order valence-corrected chi connectivity index (χ0v) is 32.2. The minimum Gasteiger partial charge on any atom is -0.462 e. The molecule has 276 valence electrons. The second-order valence-corrected chi connectivity index (χ2v) is 14.4. The van der Waals surface area contributed by atoms with Crippen molar-refractivity contribution in [2.24, 2.45) is 0 Å². The van der Waals surface area contributed by atoms with Crippen molar-refractivity contribution in [1.82, 2.24) is 9.80 Å². The zero-order valence-electron chi connectivity index (χ0n) is 31.4. The first-order chi connectivity index (χ1) is 22.8. The Labute approximate surface area is 294 Å². The monoisotopic (exact) mass is 683 g/mol. The lowest BCUT2D eigenvalue weighted by Crippen LogP contribution is -2.30. The van der Waals surface area contributed by atoms with E-state index in [-0.39, 0.29) is 23.3 Å². The van der Waals surface area contributed by atoms with Gasteiger partial charge < -0.3 is 19.3 Å². The molecule has 0 aliphatic carbocycles. The molecule has 0 aliphatic heterocycles. The van der Waals surface area contributed by atoms with Crippen LogP contribution >= 0.6 is 11.8 Å². The predicted octanol–water partition coefficient (Wildman–Crippen LogP) is 10.7. The maximum atomic E-state index is 13.0.